The van der Waals surface area contributed by atoms with Gasteiger partial charge in [0, 0.05) is 0 Å². The highest BCUT2D eigenvalue weighted by atomic mass is 32.2. The maximum atomic E-state index is 11.7. The van der Waals surface area contributed by atoms with E-state index in [1.165, 1.54) is 0 Å². The van der Waals surface area contributed by atoms with Crippen molar-refractivity contribution in [2.24, 2.45) is 0 Å². The maximum absolute atomic E-state index is 11.7. The standard InChI is InChI=1S/C12H16N2O3S/c1-18-8-7-11(13-9-15)12(16)17-14-10-5-3-2-4-6-10/h2-6,9,11,14H,7-8H2,1H3,(H,13,15)/t11-/m0/s1. The first-order valence-corrected chi connectivity index (χ1v) is 6.87. The zero-order chi connectivity index (χ0) is 13.2. The van der Waals surface area contributed by atoms with Gasteiger partial charge in [0.05, 0.1) is 5.69 Å². The second-order valence-electron chi connectivity index (χ2n) is 3.51. The number of hydrogen-bond donors (Lipinski definition) is 2. The number of carbonyl (C=O) groups is 2. The van der Waals surface area contributed by atoms with E-state index in [9.17, 15) is 9.59 Å². The number of para-hydroxylation sites is 1. The molecule has 1 aromatic carbocycles. The van der Waals surface area contributed by atoms with Gasteiger partial charge in [0.25, 0.3) is 0 Å². The van der Waals surface area contributed by atoms with Gasteiger partial charge in [-0.2, -0.15) is 11.8 Å². The molecule has 0 spiro atoms. The SMILES string of the molecule is CSCC[C@H](NC=O)C(=O)ONc1ccccc1. The predicted molar refractivity (Wildman–Crippen MR) is 72.1 cm³/mol. The molecule has 0 radical (unpaired) electrons. The minimum Gasteiger partial charge on any atom is -0.345 e. The van der Waals surface area contributed by atoms with Gasteiger partial charge in [-0.25, -0.2) is 10.3 Å². The first kappa shape index (κ1) is 14.4. The zero-order valence-corrected chi connectivity index (χ0v) is 10.9. The van der Waals surface area contributed by atoms with Gasteiger partial charge in [0.1, 0.15) is 6.04 Å². The Bertz CT molecular complexity index is 373. The van der Waals surface area contributed by atoms with Crippen LogP contribution in [0.4, 0.5) is 5.69 Å². The van der Waals surface area contributed by atoms with E-state index in [2.05, 4.69) is 10.8 Å². The van der Waals surface area contributed by atoms with Gasteiger partial charge in [-0.1, -0.05) is 18.2 Å². The number of hydrogen-bond acceptors (Lipinski definition) is 5. The average Bonchev–Trinajstić information content (AvgIpc) is 2.42. The third-order valence-electron chi connectivity index (χ3n) is 2.21. The van der Waals surface area contributed by atoms with E-state index in [0.29, 0.717) is 18.5 Å². The van der Waals surface area contributed by atoms with Gasteiger partial charge in [0.2, 0.25) is 6.41 Å². The molecule has 2 N–H and O–H groups in total. The maximum Gasteiger partial charge on any atom is 0.354 e. The Hall–Kier alpha value is -1.69. The highest BCUT2D eigenvalue weighted by Crippen LogP contribution is 2.07. The fourth-order valence-electron chi connectivity index (χ4n) is 1.27. The number of anilines is 1. The molecule has 0 unspecified atom stereocenters. The van der Waals surface area contributed by atoms with Crippen molar-refractivity contribution in [2.45, 2.75) is 12.5 Å². The van der Waals surface area contributed by atoms with Gasteiger partial charge in [-0.3, -0.25) is 4.79 Å². The van der Waals surface area contributed by atoms with E-state index in [4.69, 9.17) is 4.84 Å². The minimum atomic E-state index is -0.619. The second-order valence-corrected chi connectivity index (χ2v) is 4.49. The van der Waals surface area contributed by atoms with Crippen LogP contribution in [-0.4, -0.2) is 30.4 Å². The normalized spacial score (nSPS) is 11.4. The number of carbonyl (C=O) groups excluding carboxylic acids is 2. The van der Waals surface area contributed by atoms with Crippen molar-refractivity contribution >= 4 is 29.8 Å². The van der Waals surface area contributed by atoms with Gasteiger partial charge in [-0.05, 0) is 30.6 Å². The lowest BCUT2D eigenvalue weighted by atomic mass is 10.2. The Kier molecular flexibility index (Phi) is 6.71. The van der Waals surface area contributed by atoms with E-state index in [0.717, 1.165) is 5.75 Å². The van der Waals surface area contributed by atoms with E-state index in [-0.39, 0.29) is 0 Å². The molecule has 5 nitrogen and oxygen atoms in total. The molecule has 1 amide bonds. The second kappa shape index (κ2) is 8.41. The number of rotatable bonds is 8. The molecule has 98 valence electrons. The lowest BCUT2D eigenvalue weighted by Crippen LogP contribution is -2.38. The predicted octanol–water partition coefficient (Wildman–Crippen LogP) is 1.42. The van der Waals surface area contributed by atoms with Crippen molar-refractivity contribution in [3.05, 3.63) is 30.3 Å². The summed E-state index contributed by atoms with van der Waals surface area (Å²) in [7, 11) is 0. The fraction of sp³-hybridized carbons (Fsp3) is 0.333. The molecule has 1 atom stereocenters. The number of benzene rings is 1. The van der Waals surface area contributed by atoms with E-state index < -0.39 is 12.0 Å². The van der Waals surface area contributed by atoms with Crippen LogP contribution in [0.1, 0.15) is 6.42 Å². The summed E-state index contributed by atoms with van der Waals surface area (Å²) in [5, 5.41) is 2.45. The van der Waals surface area contributed by atoms with E-state index >= 15 is 0 Å². The summed E-state index contributed by atoms with van der Waals surface area (Å²) in [6.07, 6.45) is 2.98. The highest BCUT2D eigenvalue weighted by Gasteiger charge is 2.19. The van der Waals surface area contributed by atoms with Crippen LogP contribution in [-0.2, 0) is 14.4 Å². The average molecular weight is 268 g/mol. The van der Waals surface area contributed by atoms with E-state index in [1.54, 1.807) is 23.9 Å². The third-order valence-corrected chi connectivity index (χ3v) is 2.85. The van der Waals surface area contributed by atoms with E-state index in [1.807, 2.05) is 24.5 Å². The Labute approximate surface area is 110 Å². The Morgan fingerprint density at radius 3 is 2.78 bits per heavy atom. The summed E-state index contributed by atoms with van der Waals surface area (Å²) in [5.41, 5.74) is 3.23. The lowest BCUT2D eigenvalue weighted by Gasteiger charge is -2.14. The van der Waals surface area contributed by atoms with Crippen LogP contribution in [0, 0.1) is 0 Å². The van der Waals surface area contributed by atoms with Crippen LogP contribution < -0.4 is 10.8 Å². The quantitative estimate of drug-likeness (QED) is 0.551. The van der Waals surface area contributed by atoms with Crippen molar-refractivity contribution in [3.8, 4) is 0 Å². The molecule has 1 rings (SSSR count). The first-order chi connectivity index (χ1) is 8.77. The van der Waals surface area contributed by atoms with Crippen molar-refractivity contribution in [1.29, 1.82) is 0 Å². The molecule has 0 aromatic heterocycles. The van der Waals surface area contributed by atoms with Gasteiger partial charge in [-0.15, -0.1) is 0 Å². The molecular formula is C12H16N2O3S. The summed E-state index contributed by atoms with van der Waals surface area (Å²) >= 11 is 1.60. The molecule has 0 fully saturated rings. The molecule has 0 bridgehead atoms. The zero-order valence-electron chi connectivity index (χ0n) is 10.1. The van der Waals surface area contributed by atoms with Crippen molar-refractivity contribution in [2.75, 3.05) is 17.5 Å². The molecule has 0 saturated heterocycles. The molecule has 0 saturated carbocycles. The Morgan fingerprint density at radius 1 is 1.44 bits per heavy atom. The van der Waals surface area contributed by atoms with Crippen molar-refractivity contribution in [3.63, 3.8) is 0 Å². The van der Waals surface area contributed by atoms with Crippen LogP contribution in [0.5, 0.6) is 0 Å². The molecule has 0 aliphatic heterocycles. The molecule has 0 aliphatic carbocycles. The highest BCUT2D eigenvalue weighted by molar-refractivity contribution is 7.98. The molecule has 1 aromatic rings. The van der Waals surface area contributed by atoms with Gasteiger partial charge in [0.15, 0.2) is 0 Å². The minimum absolute atomic E-state index is 0.500. The van der Waals surface area contributed by atoms with Crippen LogP contribution in [0.3, 0.4) is 0 Å². The summed E-state index contributed by atoms with van der Waals surface area (Å²) in [5.74, 6) is 0.270. The smallest absolute Gasteiger partial charge is 0.345 e. The van der Waals surface area contributed by atoms with Gasteiger partial charge < -0.3 is 10.2 Å². The molecular weight excluding hydrogens is 252 g/mol. The summed E-state index contributed by atoms with van der Waals surface area (Å²) < 4.78 is 0. The number of nitrogens with one attached hydrogen (secondary N) is 2. The van der Waals surface area contributed by atoms with Crippen LogP contribution in [0.2, 0.25) is 0 Å². The fourth-order valence-corrected chi connectivity index (χ4v) is 1.75. The van der Waals surface area contributed by atoms with Crippen molar-refractivity contribution in [1.82, 2.24) is 5.32 Å². The summed E-state index contributed by atoms with van der Waals surface area (Å²) in [6.45, 7) is 0. The lowest BCUT2D eigenvalue weighted by molar-refractivity contribution is -0.144. The molecule has 0 heterocycles. The largest absolute Gasteiger partial charge is 0.354 e. The Morgan fingerprint density at radius 2 is 2.17 bits per heavy atom. The monoisotopic (exact) mass is 268 g/mol. The van der Waals surface area contributed by atoms with Gasteiger partial charge >= 0.3 is 5.97 Å². The van der Waals surface area contributed by atoms with Crippen LogP contribution in [0.15, 0.2) is 30.3 Å². The summed E-state index contributed by atoms with van der Waals surface area (Å²) in [6, 6.07) is 8.44. The molecule has 6 heteroatoms. The van der Waals surface area contributed by atoms with Crippen molar-refractivity contribution < 1.29 is 14.4 Å². The number of amides is 1. The summed E-state index contributed by atoms with van der Waals surface area (Å²) in [4.78, 5) is 27.0. The number of thioether (sulfide) groups is 1. The van der Waals surface area contributed by atoms with Crippen LogP contribution in [0.25, 0.3) is 0 Å². The molecule has 18 heavy (non-hydrogen) atoms. The molecule has 0 aliphatic rings. The third kappa shape index (κ3) is 5.09. The Balaban J connectivity index is 2.43. The first-order valence-electron chi connectivity index (χ1n) is 5.48. The topological polar surface area (TPSA) is 67.4 Å². The van der Waals surface area contributed by atoms with Crippen LogP contribution >= 0.6 is 11.8 Å².